The summed E-state index contributed by atoms with van der Waals surface area (Å²) in [7, 11) is 0. The van der Waals surface area contributed by atoms with Crippen molar-refractivity contribution in [2.24, 2.45) is 0 Å². The Morgan fingerprint density at radius 1 is 1.45 bits per heavy atom. The monoisotopic (exact) mass is 159 g/mol. The summed E-state index contributed by atoms with van der Waals surface area (Å²) in [5, 5.41) is 13.3. The van der Waals surface area contributed by atoms with Crippen LogP contribution in [-0.4, -0.2) is 42.4 Å². The van der Waals surface area contributed by atoms with Crippen molar-refractivity contribution in [3.8, 4) is 0 Å². The minimum atomic E-state index is -0.980. The Hall–Kier alpha value is -0.810. The molecule has 1 fully saturated rings. The van der Waals surface area contributed by atoms with Crippen molar-refractivity contribution in [1.82, 2.24) is 15.8 Å². The highest BCUT2D eigenvalue weighted by molar-refractivity contribution is 5.63. The molecule has 1 amide bonds. The Morgan fingerprint density at radius 2 is 2.27 bits per heavy atom. The molecule has 0 aromatic rings. The molecule has 3 N–H and O–H groups in total. The van der Waals surface area contributed by atoms with E-state index in [-0.39, 0.29) is 0 Å². The fourth-order valence-corrected chi connectivity index (χ4v) is 1.09. The van der Waals surface area contributed by atoms with Crippen LogP contribution in [0.5, 0.6) is 0 Å². The third kappa shape index (κ3) is 3.20. The molecule has 64 valence electrons. The maximum Gasteiger partial charge on any atom is 0.419 e. The summed E-state index contributed by atoms with van der Waals surface area (Å²) in [4.78, 5) is 10.2. The van der Waals surface area contributed by atoms with Crippen LogP contribution in [0.15, 0.2) is 0 Å². The number of hydrazine groups is 1. The van der Waals surface area contributed by atoms with Crippen LogP contribution in [-0.2, 0) is 0 Å². The van der Waals surface area contributed by atoms with Crippen molar-refractivity contribution >= 4 is 6.09 Å². The van der Waals surface area contributed by atoms with E-state index in [9.17, 15) is 4.79 Å². The van der Waals surface area contributed by atoms with Gasteiger partial charge < -0.3 is 10.4 Å². The van der Waals surface area contributed by atoms with E-state index in [1.54, 1.807) is 5.01 Å². The predicted molar refractivity (Wildman–Crippen MR) is 40.2 cm³/mol. The molecule has 5 nitrogen and oxygen atoms in total. The number of carboxylic acid groups (broad SMARTS) is 1. The fourth-order valence-electron chi connectivity index (χ4n) is 1.09. The Labute approximate surface area is 65.3 Å². The molecule has 0 aliphatic carbocycles. The highest BCUT2D eigenvalue weighted by Crippen LogP contribution is 1.90. The van der Waals surface area contributed by atoms with E-state index in [0.29, 0.717) is 0 Å². The number of nitrogens with one attached hydrogen (secondary N) is 2. The van der Waals surface area contributed by atoms with Gasteiger partial charge in [0.1, 0.15) is 0 Å². The van der Waals surface area contributed by atoms with Crippen LogP contribution < -0.4 is 10.7 Å². The molecule has 1 heterocycles. The first-order valence-corrected chi connectivity index (χ1v) is 3.74. The average Bonchev–Trinajstić information content (AvgIpc) is 2.14. The number of rotatable bonds is 1. The van der Waals surface area contributed by atoms with E-state index < -0.39 is 6.09 Å². The quantitative estimate of drug-likeness (QED) is 0.481. The van der Waals surface area contributed by atoms with Crippen molar-refractivity contribution in [2.45, 2.75) is 6.42 Å². The summed E-state index contributed by atoms with van der Waals surface area (Å²) in [6, 6.07) is 0. The number of amides is 1. The van der Waals surface area contributed by atoms with Crippen molar-refractivity contribution in [3.05, 3.63) is 0 Å². The molecule has 0 atom stereocenters. The van der Waals surface area contributed by atoms with Crippen molar-refractivity contribution in [1.29, 1.82) is 0 Å². The van der Waals surface area contributed by atoms with Crippen LogP contribution in [0.25, 0.3) is 0 Å². The second kappa shape index (κ2) is 4.15. The molecule has 1 aliphatic heterocycles. The van der Waals surface area contributed by atoms with Gasteiger partial charge in [-0.1, -0.05) is 0 Å². The molecule has 1 saturated heterocycles. The van der Waals surface area contributed by atoms with Crippen LogP contribution in [0.4, 0.5) is 4.79 Å². The topological polar surface area (TPSA) is 64.6 Å². The van der Waals surface area contributed by atoms with Crippen LogP contribution in [0.1, 0.15) is 6.42 Å². The Kier molecular flexibility index (Phi) is 3.13. The zero-order chi connectivity index (χ0) is 8.10. The van der Waals surface area contributed by atoms with Gasteiger partial charge in [0, 0.05) is 19.6 Å². The van der Waals surface area contributed by atoms with Gasteiger partial charge in [-0.05, 0) is 13.0 Å². The molecule has 0 aromatic heterocycles. The minimum absolute atomic E-state index is 0.742. The lowest BCUT2D eigenvalue weighted by Gasteiger charge is -2.17. The standard InChI is InChI=1S/C6H13N3O2/c10-6(11)8-9-4-1-2-7-3-5-9/h7-8H,1-5H2,(H,10,11). The van der Waals surface area contributed by atoms with Crippen molar-refractivity contribution in [3.63, 3.8) is 0 Å². The van der Waals surface area contributed by atoms with E-state index in [4.69, 9.17) is 5.11 Å². The van der Waals surface area contributed by atoms with Gasteiger partial charge in [-0.15, -0.1) is 0 Å². The van der Waals surface area contributed by atoms with Gasteiger partial charge in [-0.3, -0.25) is 5.43 Å². The molecule has 0 bridgehead atoms. The van der Waals surface area contributed by atoms with E-state index in [0.717, 1.165) is 32.6 Å². The lowest BCUT2D eigenvalue weighted by Crippen LogP contribution is -2.43. The molecular weight excluding hydrogens is 146 g/mol. The maximum atomic E-state index is 10.2. The normalized spacial score (nSPS) is 20.7. The molecule has 1 aliphatic rings. The SMILES string of the molecule is O=C(O)NN1CCCNCC1. The van der Waals surface area contributed by atoms with Gasteiger partial charge in [-0.2, -0.15) is 0 Å². The predicted octanol–water partition coefficient (Wildman–Crippen LogP) is -0.536. The van der Waals surface area contributed by atoms with Crippen molar-refractivity contribution < 1.29 is 9.90 Å². The second-order valence-electron chi connectivity index (χ2n) is 2.51. The molecule has 0 saturated carbocycles. The third-order valence-electron chi connectivity index (χ3n) is 1.59. The highest BCUT2D eigenvalue weighted by Gasteiger charge is 2.09. The molecule has 5 heteroatoms. The molecule has 11 heavy (non-hydrogen) atoms. The summed E-state index contributed by atoms with van der Waals surface area (Å²) >= 11 is 0. The summed E-state index contributed by atoms with van der Waals surface area (Å²) in [6.45, 7) is 3.35. The lowest BCUT2D eigenvalue weighted by atomic mass is 10.4. The van der Waals surface area contributed by atoms with Gasteiger partial charge in [0.15, 0.2) is 0 Å². The lowest BCUT2D eigenvalue weighted by molar-refractivity contribution is 0.143. The molecule has 1 rings (SSSR count). The van der Waals surface area contributed by atoms with Gasteiger partial charge in [-0.25, -0.2) is 9.80 Å². The number of hydrogen-bond acceptors (Lipinski definition) is 3. The first-order valence-electron chi connectivity index (χ1n) is 3.74. The number of hydrogen-bond donors (Lipinski definition) is 3. The smallest absolute Gasteiger partial charge is 0.419 e. The zero-order valence-electron chi connectivity index (χ0n) is 6.34. The summed E-state index contributed by atoms with van der Waals surface area (Å²) < 4.78 is 0. The van der Waals surface area contributed by atoms with E-state index >= 15 is 0 Å². The van der Waals surface area contributed by atoms with Gasteiger partial charge >= 0.3 is 6.09 Å². The summed E-state index contributed by atoms with van der Waals surface area (Å²) in [5.41, 5.74) is 2.33. The molecule has 0 unspecified atom stereocenters. The molecular formula is C6H13N3O2. The Morgan fingerprint density at radius 3 is 3.00 bits per heavy atom. The van der Waals surface area contributed by atoms with Gasteiger partial charge in [0.05, 0.1) is 0 Å². The first kappa shape index (κ1) is 8.29. The van der Waals surface area contributed by atoms with E-state index in [1.807, 2.05) is 0 Å². The Balaban J connectivity index is 2.25. The third-order valence-corrected chi connectivity index (χ3v) is 1.59. The van der Waals surface area contributed by atoms with Crippen LogP contribution in [0, 0.1) is 0 Å². The average molecular weight is 159 g/mol. The summed E-state index contributed by atoms with van der Waals surface area (Å²) in [5.74, 6) is 0. The fraction of sp³-hybridized carbons (Fsp3) is 0.833. The summed E-state index contributed by atoms with van der Waals surface area (Å²) in [6.07, 6.45) is 0.00667. The zero-order valence-corrected chi connectivity index (χ0v) is 6.34. The first-order chi connectivity index (χ1) is 5.29. The molecule has 0 spiro atoms. The number of nitrogens with zero attached hydrogens (tertiary/aromatic N) is 1. The van der Waals surface area contributed by atoms with Crippen molar-refractivity contribution in [2.75, 3.05) is 26.2 Å². The molecule has 0 radical (unpaired) electrons. The highest BCUT2D eigenvalue weighted by atomic mass is 16.4. The van der Waals surface area contributed by atoms with Crippen LogP contribution in [0.3, 0.4) is 0 Å². The minimum Gasteiger partial charge on any atom is -0.464 e. The Bertz CT molecular complexity index is 132. The largest absolute Gasteiger partial charge is 0.464 e. The maximum absolute atomic E-state index is 10.2. The van der Waals surface area contributed by atoms with Crippen LogP contribution in [0.2, 0.25) is 0 Å². The van der Waals surface area contributed by atoms with E-state index in [1.165, 1.54) is 0 Å². The number of carbonyl (C=O) groups is 1. The van der Waals surface area contributed by atoms with Crippen LogP contribution >= 0.6 is 0 Å². The molecule has 0 aromatic carbocycles. The van der Waals surface area contributed by atoms with Gasteiger partial charge in [0.25, 0.3) is 0 Å². The van der Waals surface area contributed by atoms with E-state index in [2.05, 4.69) is 10.7 Å². The second-order valence-corrected chi connectivity index (χ2v) is 2.51. The van der Waals surface area contributed by atoms with Gasteiger partial charge in [0.2, 0.25) is 0 Å².